The standard InChI is InChI=1S/C11H20N4/c1-4-5-6-7-11(2,3)15-10-13-8-12-9-14-10/h8-9H,4-7H2,1-3H3,(H,12,13,14,15). The molecule has 4 nitrogen and oxygen atoms in total. The molecule has 0 unspecified atom stereocenters. The zero-order valence-electron chi connectivity index (χ0n) is 9.82. The summed E-state index contributed by atoms with van der Waals surface area (Å²) in [6, 6.07) is 0. The Kier molecular flexibility index (Phi) is 4.46. The van der Waals surface area contributed by atoms with Gasteiger partial charge < -0.3 is 5.32 Å². The molecular formula is C11H20N4. The highest BCUT2D eigenvalue weighted by molar-refractivity contribution is 5.25. The van der Waals surface area contributed by atoms with E-state index in [1.54, 1.807) is 0 Å². The van der Waals surface area contributed by atoms with Gasteiger partial charge in [0.15, 0.2) is 0 Å². The van der Waals surface area contributed by atoms with Crippen molar-refractivity contribution in [3.63, 3.8) is 0 Å². The van der Waals surface area contributed by atoms with E-state index in [1.807, 2.05) is 0 Å². The number of nitrogens with one attached hydrogen (secondary N) is 1. The van der Waals surface area contributed by atoms with Crippen molar-refractivity contribution >= 4 is 5.95 Å². The number of rotatable bonds is 6. The van der Waals surface area contributed by atoms with Crippen molar-refractivity contribution in [2.45, 2.75) is 52.0 Å². The van der Waals surface area contributed by atoms with Crippen LogP contribution in [0.4, 0.5) is 5.95 Å². The predicted molar refractivity (Wildman–Crippen MR) is 61.7 cm³/mol. The van der Waals surface area contributed by atoms with Crippen LogP contribution in [0.5, 0.6) is 0 Å². The SMILES string of the molecule is CCCCCC(C)(C)Nc1ncncn1. The van der Waals surface area contributed by atoms with Crippen LogP contribution in [0.3, 0.4) is 0 Å². The molecule has 0 aliphatic carbocycles. The van der Waals surface area contributed by atoms with Gasteiger partial charge in [-0.15, -0.1) is 0 Å². The van der Waals surface area contributed by atoms with Crippen LogP contribution in [0.15, 0.2) is 12.7 Å². The lowest BCUT2D eigenvalue weighted by atomic mass is 9.97. The molecule has 0 aliphatic rings. The fourth-order valence-corrected chi connectivity index (χ4v) is 1.49. The van der Waals surface area contributed by atoms with Crippen LogP contribution in [0, 0.1) is 0 Å². The third kappa shape index (κ3) is 4.72. The molecule has 0 spiro atoms. The van der Waals surface area contributed by atoms with Gasteiger partial charge in [-0.05, 0) is 20.3 Å². The highest BCUT2D eigenvalue weighted by Gasteiger charge is 2.17. The van der Waals surface area contributed by atoms with Crippen molar-refractivity contribution in [3.8, 4) is 0 Å². The van der Waals surface area contributed by atoms with Gasteiger partial charge in [0.1, 0.15) is 12.7 Å². The molecule has 4 heteroatoms. The second kappa shape index (κ2) is 5.63. The van der Waals surface area contributed by atoms with E-state index in [-0.39, 0.29) is 5.54 Å². The molecule has 1 N–H and O–H groups in total. The molecule has 1 heterocycles. The third-order valence-electron chi connectivity index (χ3n) is 2.35. The minimum absolute atomic E-state index is 0.0521. The van der Waals surface area contributed by atoms with E-state index in [9.17, 15) is 0 Å². The first-order valence-electron chi connectivity index (χ1n) is 5.54. The molecule has 1 rings (SSSR count). The molecule has 0 saturated heterocycles. The Morgan fingerprint density at radius 2 is 1.87 bits per heavy atom. The molecule has 0 atom stereocenters. The minimum atomic E-state index is 0.0521. The van der Waals surface area contributed by atoms with Crippen molar-refractivity contribution in [3.05, 3.63) is 12.7 Å². The lowest BCUT2D eigenvalue weighted by Gasteiger charge is -2.25. The maximum Gasteiger partial charge on any atom is 0.226 e. The molecule has 0 aromatic carbocycles. The van der Waals surface area contributed by atoms with Crippen LogP contribution in [-0.2, 0) is 0 Å². The molecule has 0 aliphatic heterocycles. The molecule has 0 radical (unpaired) electrons. The van der Waals surface area contributed by atoms with E-state index in [0.717, 1.165) is 6.42 Å². The third-order valence-corrected chi connectivity index (χ3v) is 2.35. The maximum absolute atomic E-state index is 4.06. The second-order valence-electron chi connectivity index (χ2n) is 4.43. The average molecular weight is 208 g/mol. The van der Waals surface area contributed by atoms with Crippen LogP contribution < -0.4 is 5.32 Å². The van der Waals surface area contributed by atoms with Crippen molar-refractivity contribution in [1.82, 2.24) is 15.0 Å². The molecular weight excluding hydrogens is 188 g/mol. The van der Waals surface area contributed by atoms with E-state index < -0.39 is 0 Å². The van der Waals surface area contributed by atoms with E-state index in [2.05, 4.69) is 41.0 Å². The first-order chi connectivity index (χ1) is 7.14. The van der Waals surface area contributed by atoms with E-state index >= 15 is 0 Å². The van der Waals surface area contributed by atoms with E-state index in [4.69, 9.17) is 0 Å². The molecule has 0 bridgehead atoms. The van der Waals surface area contributed by atoms with Crippen molar-refractivity contribution in [1.29, 1.82) is 0 Å². The smallest absolute Gasteiger partial charge is 0.226 e. The van der Waals surface area contributed by atoms with Crippen molar-refractivity contribution in [2.24, 2.45) is 0 Å². The summed E-state index contributed by atoms with van der Waals surface area (Å²) in [7, 11) is 0. The van der Waals surface area contributed by atoms with Crippen molar-refractivity contribution < 1.29 is 0 Å². The Bertz CT molecular complexity index is 271. The van der Waals surface area contributed by atoms with Gasteiger partial charge in [0.05, 0.1) is 0 Å². The van der Waals surface area contributed by atoms with Crippen LogP contribution in [0.1, 0.15) is 46.5 Å². The number of hydrogen-bond acceptors (Lipinski definition) is 4. The molecule has 1 aromatic heterocycles. The number of unbranched alkanes of at least 4 members (excludes halogenated alkanes) is 2. The Hall–Kier alpha value is -1.19. The number of nitrogens with zero attached hydrogens (tertiary/aromatic N) is 3. The van der Waals surface area contributed by atoms with Crippen LogP contribution >= 0.6 is 0 Å². The summed E-state index contributed by atoms with van der Waals surface area (Å²) in [5.41, 5.74) is 0.0521. The van der Waals surface area contributed by atoms with E-state index in [1.165, 1.54) is 31.9 Å². The normalized spacial score (nSPS) is 11.4. The summed E-state index contributed by atoms with van der Waals surface area (Å²) < 4.78 is 0. The quantitative estimate of drug-likeness (QED) is 0.730. The topological polar surface area (TPSA) is 50.7 Å². The van der Waals surface area contributed by atoms with Gasteiger partial charge in [0, 0.05) is 5.54 Å². The first kappa shape index (κ1) is 11.9. The summed E-state index contributed by atoms with van der Waals surface area (Å²) in [6.45, 7) is 6.56. The summed E-state index contributed by atoms with van der Waals surface area (Å²) in [6.07, 6.45) is 7.92. The number of anilines is 1. The minimum Gasteiger partial charge on any atom is -0.349 e. The number of hydrogen-bond donors (Lipinski definition) is 1. The first-order valence-corrected chi connectivity index (χ1v) is 5.54. The van der Waals surface area contributed by atoms with Gasteiger partial charge in [0.25, 0.3) is 0 Å². The number of aromatic nitrogens is 3. The van der Waals surface area contributed by atoms with Gasteiger partial charge in [0.2, 0.25) is 5.95 Å². The van der Waals surface area contributed by atoms with Crippen LogP contribution in [0.25, 0.3) is 0 Å². The van der Waals surface area contributed by atoms with Gasteiger partial charge in [-0.2, -0.15) is 0 Å². The lowest BCUT2D eigenvalue weighted by molar-refractivity contribution is 0.480. The Balaban J connectivity index is 2.42. The van der Waals surface area contributed by atoms with Gasteiger partial charge in [-0.3, -0.25) is 0 Å². The monoisotopic (exact) mass is 208 g/mol. The zero-order valence-corrected chi connectivity index (χ0v) is 9.82. The zero-order chi connectivity index (χ0) is 11.1. The highest BCUT2D eigenvalue weighted by Crippen LogP contribution is 2.17. The lowest BCUT2D eigenvalue weighted by Crippen LogP contribution is -2.31. The summed E-state index contributed by atoms with van der Waals surface area (Å²) in [4.78, 5) is 11.9. The summed E-state index contributed by atoms with van der Waals surface area (Å²) in [5.74, 6) is 0.659. The van der Waals surface area contributed by atoms with E-state index in [0.29, 0.717) is 5.95 Å². The van der Waals surface area contributed by atoms with Crippen molar-refractivity contribution in [2.75, 3.05) is 5.32 Å². The second-order valence-corrected chi connectivity index (χ2v) is 4.43. The predicted octanol–water partition coefficient (Wildman–Crippen LogP) is 2.64. The molecule has 0 saturated carbocycles. The highest BCUT2D eigenvalue weighted by atomic mass is 15.2. The summed E-state index contributed by atoms with van der Waals surface area (Å²) >= 11 is 0. The maximum atomic E-state index is 4.06. The van der Waals surface area contributed by atoms with Crippen LogP contribution in [0.2, 0.25) is 0 Å². The largest absolute Gasteiger partial charge is 0.349 e. The Morgan fingerprint density at radius 1 is 1.20 bits per heavy atom. The molecule has 1 aromatic rings. The van der Waals surface area contributed by atoms with Gasteiger partial charge >= 0.3 is 0 Å². The fourth-order valence-electron chi connectivity index (χ4n) is 1.49. The van der Waals surface area contributed by atoms with Gasteiger partial charge in [-0.25, -0.2) is 15.0 Å². The Morgan fingerprint density at radius 3 is 2.47 bits per heavy atom. The molecule has 0 amide bonds. The molecule has 15 heavy (non-hydrogen) atoms. The Labute approximate surface area is 91.6 Å². The van der Waals surface area contributed by atoms with Crippen LogP contribution in [-0.4, -0.2) is 20.5 Å². The summed E-state index contributed by atoms with van der Waals surface area (Å²) in [5, 5.41) is 3.31. The fraction of sp³-hybridized carbons (Fsp3) is 0.727. The molecule has 0 fully saturated rings. The average Bonchev–Trinajstić information content (AvgIpc) is 2.18. The van der Waals surface area contributed by atoms with Gasteiger partial charge in [-0.1, -0.05) is 26.2 Å². The molecule has 84 valence electrons.